The van der Waals surface area contributed by atoms with Gasteiger partial charge in [0.05, 0.1) is 10.7 Å². The molecule has 1 heterocycles. The summed E-state index contributed by atoms with van der Waals surface area (Å²) < 4.78 is 32.0. The van der Waals surface area contributed by atoms with Crippen molar-refractivity contribution in [1.29, 1.82) is 0 Å². The van der Waals surface area contributed by atoms with Crippen molar-refractivity contribution in [2.45, 2.75) is 6.61 Å². The molecule has 0 spiro atoms. The molecule has 32 heavy (non-hydrogen) atoms. The van der Waals surface area contributed by atoms with Gasteiger partial charge in [-0.2, -0.15) is 0 Å². The van der Waals surface area contributed by atoms with E-state index in [2.05, 4.69) is 50.2 Å². The van der Waals surface area contributed by atoms with Crippen molar-refractivity contribution in [3.8, 4) is 11.5 Å². The van der Waals surface area contributed by atoms with Crippen molar-refractivity contribution in [2.24, 2.45) is 4.99 Å². The largest absolute Gasteiger partial charge is 0.493 e. The molecule has 5 nitrogen and oxygen atoms in total. The zero-order valence-corrected chi connectivity index (χ0v) is 21.1. The van der Waals surface area contributed by atoms with Gasteiger partial charge in [0.25, 0.3) is 0 Å². The van der Waals surface area contributed by atoms with Crippen LogP contribution in [0, 0.1) is 13.0 Å². The van der Waals surface area contributed by atoms with Gasteiger partial charge in [-0.3, -0.25) is 0 Å². The van der Waals surface area contributed by atoms with Crippen molar-refractivity contribution in [2.75, 3.05) is 7.11 Å². The van der Waals surface area contributed by atoms with E-state index in [1.165, 1.54) is 19.2 Å². The zero-order chi connectivity index (χ0) is 22.7. The Bertz CT molecular complexity index is 1240. The summed E-state index contributed by atoms with van der Waals surface area (Å²) in [5.74, 6) is 0.474. The fourth-order valence-corrected chi connectivity index (χ4v) is 4.17. The van der Waals surface area contributed by atoms with Gasteiger partial charge in [0, 0.05) is 9.13 Å². The molecule has 3 aromatic rings. The highest BCUT2D eigenvalue weighted by molar-refractivity contribution is 14.1. The molecule has 0 radical (unpaired) electrons. The van der Waals surface area contributed by atoms with Crippen LogP contribution in [0.2, 0.25) is 0 Å². The first-order valence-corrected chi connectivity index (χ1v) is 11.6. The number of ether oxygens (including phenoxy) is 3. The second-order valence-corrected chi connectivity index (χ2v) is 9.20. The molecule has 1 aliphatic rings. The molecule has 0 amide bonds. The lowest BCUT2D eigenvalue weighted by Gasteiger charge is -2.14. The Morgan fingerprint density at radius 1 is 1.09 bits per heavy atom. The van der Waals surface area contributed by atoms with Crippen LogP contribution in [0.5, 0.6) is 11.5 Å². The van der Waals surface area contributed by atoms with E-state index in [9.17, 15) is 9.18 Å². The zero-order valence-electron chi connectivity index (χ0n) is 16.8. The van der Waals surface area contributed by atoms with Gasteiger partial charge in [-0.1, -0.05) is 12.1 Å². The number of carbonyl (C=O) groups is 1. The van der Waals surface area contributed by atoms with E-state index in [1.807, 2.05) is 30.3 Å². The number of esters is 1. The summed E-state index contributed by atoms with van der Waals surface area (Å²) in [5.41, 5.74) is 2.35. The van der Waals surface area contributed by atoms with Crippen LogP contribution in [0.3, 0.4) is 0 Å². The van der Waals surface area contributed by atoms with Gasteiger partial charge in [0.1, 0.15) is 12.4 Å². The highest BCUT2D eigenvalue weighted by Gasteiger charge is 2.24. The van der Waals surface area contributed by atoms with E-state index >= 15 is 0 Å². The quantitative estimate of drug-likeness (QED) is 0.187. The normalized spacial score (nSPS) is 14.3. The lowest BCUT2D eigenvalue weighted by molar-refractivity contribution is -0.129. The van der Waals surface area contributed by atoms with Crippen molar-refractivity contribution in [3.05, 3.63) is 96.0 Å². The fourth-order valence-electron chi connectivity index (χ4n) is 3.03. The van der Waals surface area contributed by atoms with E-state index in [1.54, 1.807) is 24.3 Å². The number of benzene rings is 3. The smallest absolute Gasteiger partial charge is 0.363 e. The Hall–Kier alpha value is -2.47. The molecule has 0 aliphatic carbocycles. The summed E-state index contributed by atoms with van der Waals surface area (Å²) in [6.45, 7) is 0.195. The number of hydrogen-bond acceptors (Lipinski definition) is 5. The van der Waals surface area contributed by atoms with Gasteiger partial charge in [0.15, 0.2) is 17.2 Å². The van der Waals surface area contributed by atoms with Crippen molar-refractivity contribution in [1.82, 2.24) is 0 Å². The highest BCUT2D eigenvalue weighted by Crippen LogP contribution is 2.35. The van der Waals surface area contributed by atoms with Crippen LogP contribution in [0.25, 0.3) is 6.08 Å². The summed E-state index contributed by atoms with van der Waals surface area (Å²) >= 11 is 4.34. The first-order chi connectivity index (χ1) is 15.4. The minimum atomic E-state index is -0.515. The number of methoxy groups -OCH3 is 1. The minimum Gasteiger partial charge on any atom is -0.493 e. The average Bonchev–Trinajstić information content (AvgIpc) is 3.13. The second-order valence-electron chi connectivity index (χ2n) is 6.80. The Labute approximate surface area is 211 Å². The molecule has 1 aliphatic heterocycles. The Morgan fingerprint density at radius 2 is 1.88 bits per heavy atom. The monoisotopic (exact) mass is 655 g/mol. The molecular formula is C24H16FI2NO4. The number of hydrogen-bond donors (Lipinski definition) is 0. The van der Waals surface area contributed by atoms with Crippen LogP contribution < -0.4 is 9.47 Å². The molecule has 0 atom stereocenters. The Balaban J connectivity index is 1.59. The SMILES string of the molecule is COc1cc(/C=C2\N=C(c3ccc(I)cc3)OC2=O)cc(I)c1OCc1cccc(F)c1. The number of halogens is 3. The minimum absolute atomic E-state index is 0.195. The van der Waals surface area contributed by atoms with Gasteiger partial charge >= 0.3 is 5.97 Å². The van der Waals surface area contributed by atoms with E-state index in [-0.39, 0.29) is 24.0 Å². The maximum Gasteiger partial charge on any atom is 0.363 e. The molecule has 0 unspecified atom stereocenters. The third-order valence-electron chi connectivity index (χ3n) is 4.54. The molecule has 0 saturated carbocycles. The molecule has 162 valence electrons. The number of carbonyl (C=O) groups excluding carboxylic acids is 1. The number of aliphatic imine (C=N–C) groups is 1. The highest BCUT2D eigenvalue weighted by atomic mass is 127. The Morgan fingerprint density at radius 3 is 2.59 bits per heavy atom. The lowest BCUT2D eigenvalue weighted by atomic mass is 10.1. The summed E-state index contributed by atoms with van der Waals surface area (Å²) in [6.07, 6.45) is 1.64. The standard InChI is InChI=1S/C24H16FI2NO4/c1-30-21-12-15(10-19(27)22(21)31-13-14-3-2-4-17(25)9-14)11-20-24(29)32-23(28-20)16-5-7-18(26)8-6-16/h2-12H,13H2,1H3/b20-11-. The summed E-state index contributed by atoms with van der Waals surface area (Å²) in [5, 5.41) is 0. The van der Waals surface area contributed by atoms with Crippen molar-refractivity contribution >= 4 is 63.1 Å². The van der Waals surface area contributed by atoms with Crippen LogP contribution in [0.4, 0.5) is 4.39 Å². The maximum absolute atomic E-state index is 13.4. The van der Waals surface area contributed by atoms with Crippen molar-refractivity contribution < 1.29 is 23.4 Å². The van der Waals surface area contributed by atoms with Crippen LogP contribution in [-0.2, 0) is 16.1 Å². The first kappa shape index (κ1) is 22.7. The molecule has 4 rings (SSSR count). The third-order valence-corrected chi connectivity index (χ3v) is 6.06. The van der Waals surface area contributed by atoms with Gasteiger partial charge in [-0.15, -0.1) is 0 Å². The van der Waals surface area contributed by atoms with E-state index in [0.717, 1.165) is 12.7 Å². The summed E-state index contributed by atoms with van der Waals surface area (Å²) in [4.78, 5) is 16.7. The number of rotatable bonds is 6. The molecule has 8 heteroatoms. The van der Waals surface area contributed by atoms with Crippen molar-refractivity contribution in [3.63, 3.8) is 0 Å². The summed E-state index contributed by atoms with van der Waals surface area (Å²) in [6, 6.07) is 17.4. The lowest BCUT2D eigenvalue weighted by Crippen LogP contribution is -2.05. The van der Waals surface area contributed by atoms with Gasteiger partial charge in [0.2, 0.25) is 5.90 Å². The van der Waals surface area contributed by atoms with E-state index in [4.69, 9.17) is 14.2 Å². The molecule has 0 bridgehead atoms. The van der Waals surface area contributed by atoms with Gasteiger partial charge < -0.3 is 14.2 Å². The third kappa shape index (κ3) is 5.29. The molecular weight excluding hydrogens is 639 g/mol. The van der Waals surface area contributed by atoms with E-state index in [0.29, 0.717) is 22.6 Å². The van der Waals surface area contributed by atoms with Gasteiger partial charge in [-0.25, -0.2) is 14.2 Å². The van der Waals surface area contributed by atoms with Crippen LogP contribution >= 0.6 is 45.2 Å². The molecule has 0 fully saturated rings. The number of cyclic esters (lactones) is 1. The molecule has 0 N–H and O–H groups in total. The molecule has 0 saturated heterocycles. The Kier molecular flexibility index (Phi) is 7.09. The van der Waals surface area contributed by atoms with Crippen LogP contribution in [0.1, 0.15) is 16.7 Å². The van der Waals surface area contributed by atoms with Crippen LogP contribution in [-0.4, -0.2) is 19.0 Å². The van der Waals surface area contributed by atoms with E-state index < -0.39 is 5.97 Å². The predicted octanol–water partition coefficient (Wildman–Crippen LogP) is 5.97. The van der Waals surface area contributed by atoms with Gasteiger partial charge in [-0.05, 0) is 111 Å². The first-order valence-electron chi connectivity index (χ1n) is 9.46. The summed E-state index contributed by atoms with van der Waals surface area (Å²) in [7, 11) is 1.54. The number of nitrogens with zero attached hydrogens (tertiary/aromatic N) is 1. The predicted molar refractivity (Wildman–Crippen MR) is 136 cm³/mol. The fraction of sp³-hybridized carbons (Fsp3) is 0.0833. The molecule has 0 aromatic heterocycles. The van der Waals surface area contributed by atoms with Crippen LogP contribution in [0.15, 0.2) is 71.4 Å². The maximum atomic E-state index is 13.4. The second kappa shape index (κ2) is 9.99. The average molecular weight is 655 g/mol. The molecule has 3 aromatic carbocycles. The topological polar surface area (TPSA) is 57.1 Å².